The molecule has 4 aromatic carbocycles. The predicted octanol–water partition coefficient (Wildman–Crippen LogP) is 9.75. The molecule has 5 rings (SSSR count). The largest absolute Gasteiger partial charge is 0.466 e. The molecule has 1 N–H and O–H groups in total. The maximum Gasteiger partial charge on any atom is 0.337 e. The number of hydrogen-bond donors (Lipinski definition) is 1. The van der Waals surface area contributed by atoms with Crippen LogP contribution < -0.4 is 10.2 Å². The number of rotatable bonds is 6. The lowest BCUT2D eigenvalue weighted by Crippen LogP contribution is -2.41. The molecular weight excluding hydrogens is 663 g/mol. The highest BCUT2D eigenvalue weighted by molar-refractivity contribution is 9.10. The number of ether oxygens (including phenoxy) is 1. The third kappa shape index (κ3) is 6.20. The summed E-state index contributed by atoms with van der Waals surface area (Å²) < 4.78 is 7.34. The standard InChI is InChI=1S/C31H24Br2Cl2N2O2/c1-39-31(38)29-27(36-25-14-10-23(34)11-15-25)18-28(19-2-6-21(32)7-3-19)37(26-16-12-24(35)13-17-26)30(29)20-4-8-22(33)9-5-20/h2-17,28,30,36H,18H2,1H3/t28-,30+/m1/s1. The third-order valence-corrected chi connectivity index (χ3v) is 8.28. The molecule has 0 radical (unpaired) electrons. The third-order valence-electron chi connectivity index (χ3n) is 6.72. The molecular formula is C31H24Br2Cl2N2O2. The van der Waals surface area contributed by atoms with Crippen molar-refractivity contribution in [1.29, 1.82) is 0 Å². The minimum atomic E-state index is -0.455. The van der Waals surface area contributed by atoms with Crippen LogP contribution in [0.1, 0.15) is 29.6 Å². The number of benzene rings is 4. The summed E-state index contributed by atoms with van der Waals surface area (Å²) in [5.41, 5.74) is 5.15. The first-order valence-corrected chi connectivity index (χ1v) is 14.6. The fourth-order valence-corrected chi connectivity index (χ4v) is 5.71. The van der Waals surface area contributed by atoms with E-state index < -0.39 is 12.0 Å². The number of hydrogen-bond acceptors (Lipinski definition) is 4. The van der Waals surface area contributed by atoms with Gasteiger partial charge in [-0.05, 0) is 83.9 Å². The van der Waals surface area contributed by atoms with Gasteiger partial charge in [-0.25, -0.2) is 4.79 Å². The fourth-order valence-electron chi connectivity index (χ4n) is 4.93. The van der Waals surface area contributed by atoms with Crippen molar-refractivity contribution in [2.75, 3.05) is 17.3 Å². The molecule has 198 valence electrons. The number of nitrogens with zero attached hydrogens (tertiary/aromatic N) is 1. The van der Waals surface area contributed by atoms with Gasteiger partial charge in [0.2, 0.25) is 0 Å². The number of esters is 1. The zero-order valence-electron chi connectivity index (χ0n) is 20.9. The van der Waals surface area contributed by atoms with Gasteiger partial charge in [0.15, 0.2) is 0 Å². The first-order chi connectivity index (χ1) is 18.8. The molecule has 0 saturated carbocycles. The van der Waals surface area contributed by atoms with Gasteiger partial charge in [-0.2, -0.15) is 0 Å². The Hall–Kier alpha value is -2.77. The molecule has 39 heavy (non-hydrogen) atoms. The molecule has 0 aliphatic carbocycles. The second-order valence-corrected chi connectivity index (χ2v) is 11.8. The van der Waals surface area contributed by atoms with Crippen LogP contribution in [-0.2, 0) is 9.53 Å². The maximum absolute atomic E-state index is 13.6. The van der Waals surface area contributed by atoms with E-state index >= 15 is 0 Å². The Bertz CT molecular complexity index is 1490. The number of carbonyl (C=O) groups excluding carboxylic acids is 1. The van der Waals surface area contributed by atoms with Gasteiger partial charge >= 0.3 is 5.97 Å². The van der Waals surface area contributed by atoms with E-state index in [-0.39, 0.29) is 6.04 Å². The van der Waals surface area contributed by atoms with Gasteiger partial charge in [-0.3, -0.25) is 0 Å². The van der Waals surface area contributed by atoms with E-state index in [0.717, 1.165) is 37.1 Å². The minimum absolute atomic E-state index is 0.115. The Morgan fingerprint density at radius 2 is 1.31 bits per heavy atom. The van der Waals surface area contributed by atoms with E-state index in [0.29, 0.717) is 22.0 Å². The van der Waals surface area contributed by atoms with Gasteiger partial charge in [-0.1, -0.05) is 79.3 Å². The van der Waals surface area contributed by atoms with Crippen molar-refractivity contribution >= 4 is 72.4 Å². The van der Waals surface area contributed by atoms with Crippen LogP contribution in [0.25, 0.3) is 0 Å². The molecule has 0 fully saturated rings. The van der Waals surface area contributed by atoms with E-state index in [1.165, 1.54) is 7.11 Å². The summed E-state index contributed by atoms with van der Waals surface area (Å²) >= 11 is 19.6. The van der Waals surface area contributed by atoms with Crippen molar-refractivity contribution in [2.24, 2.45) is 0 Å². The minimum Gasteiger partial charge on any atom is -0.466 e. The van der Waals surface area contributed by atoms with Crippen molar-refractivity contribution in [2.45, 2.75) is 18.5 Å². The molecule has 1 aliphatic rings. The number of anilines is 2. The highest BCUT2D eigenvalue weighted by atomic mass is 79.9. The molecule has 0 spiro atoms. The molecule has 8 heteroatoms. The fraction of sp³-hybridized carbons (Fsp3) is 0.129. The van der Waals surface area contributed by atoms with E-state index in [2.05, 4.69) is 54.2 Å². The van der Waals surface area contributed by atoms with E-state index in [4.69, 9.17) is 27.9 Å². The highest BCUT2D eigenvalue weighted by Gasteiger charge is 2.41. The lowest BCUT2D eigenvalue weighted by Gasteiger charge is -2.46. The Labute approximate surface area is 254 Å². The number of nitrogens with one attached hydrogen (secondary N) is 1. The summed E-state index contributed by atoms with van der Waals surface area (Å²) in [7, 11) is 1.42. The van der Waals surface area contributed by atoms with Crippen molar-refractivity contribution in [3.8, 4) is 0 Å². The SMILES string of the molecule is COC(=O)C1=C(Nc2ccc(Cl)cc2)C[C@H](c2ccc(Br)cc2)N(c2ccc(Cl)cc2)[C@H]1c1ccc(Br)cc1. The van der Waals surface area contributed by atoms with Gasteiger partial charge in [0, 0.05) is 42.5 Å². The summed E-state index contributed by atoms with van der Waals surface area (Å²) in [6.45, 7) is 0. The average Bonchev–Trinajstić information content (AvgIpc) is 2.95. The van der Waals surface area contributed by atoms with Crippen LogP contribution in [0.3, 0.4) is 0 Å². The van der Waals surface area contributed by atoms with E-state index in [9.17, 15) is 4.79 Å². The monoisotopic (exact) mass is 684 g/mol. The zero-order valence-corrected chi connectivity index (χ0v) is 25.6. The lowest BCUT2D eigenvalue weighted by molar-refractivity contribution is -0.136. The van der Waals surface area contributed by atoms with Gasteiger partial charge in [0.1, 0.15) is 0 Å². The second kappa shape index (κ2) is 12.2. The predicted molar refractivity (Wildman–Crippen MR) is 166 cm³/mol. The lowest BCUT2D eigenvalue weighted by atomic mass is 9.84. The topological polar surface area (TPSA) is 41.6 Å². The van der Waals surface area contributed by atoms with Crippen LogP contribution in [-0.4, -0.2) is 13.1 Å². The summed E-state index contributed by atoms with van der Waals surface area (Å²) in [5.74, 6) is -0.396. The van der Waals surface area contributed by atoms with Gasteiger partial charge in [0.25, 0.3) is 0 Å². The van der Waals surface area contributed by atoms with Crippen LogP contribution in [0.15, 0.2) is 117 Å². The Balaban J connectivity index is 1.77. The first kappa shape index (κ1) is 27.8. The maximum atomic E-state index is 13.6. The van der Waals surface area contributed by atoms with E-state index in [1.54, 1.807) is 0 Å². The summed E-state index contributed by atoms with van der Waals surface area (Å²) in [5, 5.41) is 4.81. The van der Waals surface area contributed by atoms with Crippen LogP contribution in [0.4, 0.5) is 11.4 Å². The molecule has 2 atom stereocenters. The Kier molecular flexibility index (Phi) is 8.67. The van der Waals surface area contributed by atoms with Gasteiger partial charge < -0.3 is 15.0 Å². The molecule has 0 unspecified atom stereocenters. The van der Waals surface area contributed by atoms with Crippen LogP contribution >= 0.6 is 55.1 Å². The quantitative estimate of drug-likeness (QED) is 0.205. The molecule has 0 saturated heterocycles. The van der Waals surface area contributed by atoms with Crippen molar-refractivity contribution in [3.63, 3.8) is 0 Å². The summed E-state index contributed by atoms with van der Waals surface area (Å²) in [4.78, 5) is 15.9. The smallest absolute Gasteiger partial charge is 0.337 e. The zero-order chi connectivity index (χ0) is 27.5. The number of methoxy groups -OCH3 is 1. The Morgan fingerprint density at radius 3 is 1.85 bits per heavy atom. The molecule has 0 bridgehead atoms. The molecule has 1 heterocycles. The molecule has 4 aromatic rings. The number of halogens is 4. The first-order valence-electron chi connectivity index (χ1n) is 12.2. The van der Waals surface area contributed by atoms with E-state index in [1.807, 2.05) is 84.9 Å². The second-order valence-electron chi connectivity index (χ2n) is 9.12. The summed E-state index contributed by atoms with van der Waals surface area (Å²) in [6.07, 6.45) is 0.532. The van der Waals surface area contributed by atoms with Gasteiger partial charge in [-0.15, -0.1) is 0 Å². The Morgan fingerprint density at radius 1 is 0.795 bits per heavy atom. The molecule has 4 nitrogen and oxygen atoms in total. The van der Waals surface area contributed by atoms with Crippen molar-refractivity contribution < 1.29 is 9.53 Å². The van der Waals surface area contributed by atoms with Crippen LogP contribution in [0.5, 0.6) is 0 Å². The van der Waals surface area contributed by atoms with Gasteiger partial charge in [0.05, 0.1) is 24.8 Å². The molecule has 1 aliphatic heterocycles. The van der Waals surface area contributed by atoms with Crippen molar-refractivity contribution in [3.05, 3.63) is 138 Å². The molecule has 0 amide bonds. The number of carbonyl (C=O) groups is 1. The molecule has 0 aromatic heterocycles. The normalized spacial score (nSPS) is 17.2. The van der Waals surface area contributed by atoms with Crippen LogP contribution in [0, 0.1) is 0 Å². The summed E-state index contributed by atoms with van der Waals surface area (Å²) in [6, 6.07) is 30.9. The highest BCUT2D eigenvalue weighted by Crippen LogP contribution is 2.48. The average molecular weight is 687 g/mol. The van der Waals surface area contributed by atoms with Crippen molar-refractivity contribution in [1.82, 2.24) is 0 Å². The van der Waals surface area contributed by atoms with Crippen LogP contribution in [0.2, 0.25) is 10.0 Å².